The van der Waals surface area contributed by atoms with Crippen molar-refractivity contribution >= 4 is 29.1 Å². The molecule has 28 heavy (non-hydrogen) atoms. The number of ether oxygens (including phenoxy) is 1. The van der Waals surface area contributed by atoms with E-state index in [0.29, 0.717) is 37.0 Å². The Kier molecular flexibility index (Phi) is 6.61. The summed E-state index contributed by atoms with van der Waals surface area (Å²) in [5, 5.41) is 0.474. The zero-order chi connectivity index (χ0) is 20.1. The highest BCUT2D eigenvalue weighted by molar-refractivity contribution is 6.30. The fraction of sp³-hybridized carbons (Fsp3) is 0.300. The van der Waals surface area contributed by atoms with Crippen LogP contribution in [0.1, 0.15) is 15.9 Å². The lowest BCUT2D eigenvalue weighted by Gasteiger charge is -2.33. The number of benzene rings is 2. The van der Waals surface area contributed by atoms with Crippen LogP contribution in [0.5, 0.6) is 0 Å². The third-order valence-corrected chi connectivity index (χ3v) is 4.76. The number of urea groups is 1. The van der Waals surface area contributed by atoms with Crippen molar-refractivity contribution in [2.75, 3.05) is 37.7 Å². The number of rotatable bonds is 5. The molecule has 2 amide bonds. The van der Waals surface area contributed by atoms with Gasteiger partial charge in [0.25, 0.3) is 0 Å². The Labute approximate surface area is 167 Å². The van der Waals surface area contributed by atoms with Crippen molar-refractivity contribution in [2.24, 2.45) is 5.73 Å². The van der Waals surface area contributed by atoms with Crippen LogP contribution in [0, 0.1) is 5.82 Å². The maximum atomic E-state index is 14.6. The summed E-state index contributed by atoms with van der Waals surface area (Å²) < 4.78 is 19.9. The van der Waals surface area contributed by atoms with Crippen molar-refractivity contribution in [3.63, 3.8) is 0 Å². The lowest BCUT2D eigenvalue weighted by molar-refractivity contribution is 0.0548. The maximum absolute atomic E-state index is 14.6. The number of Topliss-reactive ketones (excluding diaryl/α,β-unsaturated/α-hetero) is 1. The molecular weight excluding hydrogens is 385 g/mol. The molecule has 3 rings (SSSR count). The third-order valence-electron chi connectivity index (χ3n) is 4.52. The van der Waals surface area contributed by atoms with E-state index in [1.54, 1.807) is 29.2 Å². The Hall–Kier alpha value is -2.48. The van der Waals surface area contributed by atoms with Gasteiger partial charge in [-0.2, -0.15) is 0 Å². The molecule has 1 aliphatic heterocycles. The highest BCUT2D eigenvalue weighted by Gasteiger charge is 2.25. The number of halogens is 2. The highest BCUT2D eigenvalue weighted by Crippen LogP contribution is 2.24. The number of ketones is 1. The molecule has 0 aliphatic carbocycles. The number of hydrogen-bond donors (Lipinski definition) is 1. The van der Waals surface area contributed by atoms with Crippen LogP contribution in [-0.4, -0.2) is 49.6 Å². The van der Waals surface area contributed by atoms with Gasteiger partial charge in [0.2, 0.25) is 0 Å². The minimum atomic E-state index is -0.568. The summed E-state index contributed by atoms with van der Waals surface area (Å²) in [6, 6.07) is 10.8. The summed E-state index contributed by atoms with van der Waals surface area (Å²) >= 11 is 6.09. The van der Waals surface area contributed by atoms with E-state index < -0.39 is 5.82 Å². The number of amides is 2. The van der Waals surface area contributed by atoms with Crippen LogP contribution in [0.15, 0.2) is 42.5 Å². The molecule has 2 aromatic rings. The van der Waals surface area contributed by atoms with E-state index >= 15 is 0 Å². The normalized spacial score (nSPS) is 14.0. The van der Waals surface area contributed by atoms with Crippen LogP contribution in [0.2, 0.25) is 5.02 Å². The standard InChI is InChI=1S/C20H21ClFN3O3/c21-16-2-1-3-17(11-16)25(20(27)24-6-8-28-9-7-24)13-15-5-4-14(10-18(15)22)19(26)12-23/h1-5,10-11H,6-9,12-13,23H2. The first kappa shape index (κ1) is 20.3. The van der Waals surface area contributed by atoms with Gasteiger partial charge < -0.3 is 15.4 Å². The number of morpholine rings is 1. The molecule has 8 heteroatoms. The molecule has 2 N–H and O–H groups in total. The third kappa shape index (κ3) is 4.67. The van der Waals surface area contributed by atoms with Crippen LogP contribution in [0.4, 0.5) is 14.9 Å². The molecule has 0 atom stereocenters. The zero-order valence-electron chi connectivity index (χ0n) is 15.2. The summed E-state index contributed by atoms with van der Waals surface area (Å²) in [6.07, 6.45) is 0. The number of anilines is 1. The highest BCUT2D eigenvalue weighted by atomic mass is 35.5. The molecule has 2 aromatic carbocycles. The lowest BCUT2D eigenvalue weighted by atomic mass is 10.1. The molecule has 0 radical (unpaired) electrons. The van der Waals surface area contributed by atoms with Crippen LogP contribution in [0.3, 0.4) is 0 Å². The minimum absolute atomic E-state index is 0.000534. The zero-order valence-corrected chi connectivity index (χ0v) is 16.0. The van der Waals surface area contributed by atoms with E-state index in [2.05, 4.69) is 0 Å². The number of nitrogens with two attached hydrogens (primary N) is 1. The average Bonchev–Trinajstić information content (AvgIpc) is 2.72. The fourth-order valence-electron chi connectivity index (χ4n) is 2.98. The molecule has 0 aromatic heterocycles. The van der Waals surface area contributed by atoms with E-state index in [1.807, 2.05) is 0 Å². The quantitative estimate of drug-likeness (QED) is 0.775. The summed E-state index contributed by atoms with van der Waals surface area (Å²) in [4.78, 5) is 27.9. The van der Waals surface area contributed by atoms with E-state index in [-0.39, 0.29) is 36.0 Å². The molecule has 6 nitrogen and oxygen atoms in total. The molecule has 0 spiro atoms. The Morgan fingerprint density at radius 3 is 2.57 bits per heavy atom. The van der Waals surface area contributed by atoms with Gasteiger partial charge in [-0.1, -0.05) is 29.8 Å². The summed E-state index contributed by atoms with van der Waals surface area (Å²) in [7, 11) is 0. The molecule has 1 aliphatic rings. The maximum Gasteiger partial charge on any atom is 0.324 e. The Morgan fingerprint density at radius 2 is 1.93 bits per heavy atom. The van der Waals surface area contributed by atoms with E-state index in [9.17, 15) is 14.0 Å². The van der Waals surface area contributed by atoms with Crippen LogP contribution in [-0.2, 0) is 11.3 Å². The van der Waals surface area contributed by atoms with Gasteiger partial charge in [0.15, 0.2) is 5.78 Å². The Bertz CT molecular complexity index is 872. The van der Waals surface area contributed by atoms with E-state index in [4.69, 9.17) is 22.1 Å². The van der Waals surface area contributed by atoms with Gasteiger partial charge in [-0.3, -0.25) is 9.69 Å². The molecule has 0 bridgehead atoms. The van der Waals surface area contributed by atoms with Crippen molar-refractivity contribution in [1.82, 2.24) is 4.90 Å². The van der Waals surface area contributed by atoms with E-state index in [0.717, 1.165) is 6.07 Å². The molecule has 148 valence electrons. The van der Waals surface area contributed by atoms with Crippen LogP contribution < -0.4 is 10.6 Å². The predicted molar refractivity (Wildman–Crippen MR) is 105 cm³/mol. The van der Waals surface area contributed by atoms with Gasteiger partial charge >= 0.3 is 6.03 Å². The van der Waals surface area contributed by atoms with Crippen molar-refractivity contribution in [3.8, 4) is 0 Å². The number of nitrogens with zero attached hydrogens (tertiary/aromatic N) is 2. The van der Waals surface area contributed by atoms with Gasteiger partial charge in [-0.25, -0.2) is 9.18 Å². The second-order valence-corrected chi connectivity index (χ2v) is 6.82. The second-order valence-electron chi connectivity index (χ2n) is 6.38. The monoisotopic (exact) mass is 405 g/mol. The molecule has 0 unspecified atom stereocenters. The molecule has 1 fully saturated rings. The number of carbonyl (C=O) groups is 2. The Morgan fingerprint density at radius 1 is 1.18 bits per heavy atom. The summed E-state index contributed by atoms with van der Waals surface area (Å²) in [6.45, 7) is 1.64. The first-order valence-corrected chi connectivity index (χ1v) is 9.29. The topological polar surface area (TPSA) is 75.9 Å². The molecular formula is C20H21ClFN3O3. The number of carbonyl (C=O) groups excluding carboxylic acids is 2. The minimum Gasteiger partial charge on any atom is -0.378 e. The van der Waals surface area contributed by atoms with Crippen LogP contribution >= 0.6 is 11.6 Å². The van der Waals surface area contributed by atoms with Crippen molar-refractivity contribution in [1.29, 1.82) is 0 Å². The smallest absolute Gasteiger partial charge is 0.324 e. The van der Waals surface area contributed by atoms with Crippen molar-refractivity contribution in [2.45, 2.75) is 6.54 Å². The molecule has 0 saturated carbocycles. The van der Waals surface area contributed by atoms with Gasteiger partial charge in [0.05, 0.1) is 26.3 Å². The van der Waals surface area contributed by atoms with Crippen LogP contribution in [0.25, 0.3) is 0 Å². The van der Waals surface area contributed by atoms with Gasteiger partial charge in [-0.05, 0) is 24.3 Å². The van der Waals surface area contributed by atoms with Gasteiger partial charge in [0, 0.05) is 34.9 Å². The van der Waals surface area contributed by atoms with Crippen molar-refractivity contribution < 1.29 is 18.7 Å². The molecule has 1 heterocycles. The summed E-state index contributed by atoms with van der Waals surface area (Å²) in [5.74, 6) is -0.914. The lowest BCUT2D eigenvalue weighted by Crippen LogP contribution is -2.48. The fourth-order valence-corrected chi connectivity index (χ4v) is 3.16. The molecule has 1 saturated heterocycles. The second kappa shape index (κ2) is 9.14. The van der Waals surface area contributed by atoms with Crippen molar-refractivity contribution in [3.05, 3.63) is 64.4 Å². The number of hydrogen-bond acceptors (Lipinski definition) is 4. The average molecular weight is 406 g/mol. The van der Waals surface area contributed by atoms with Gasteiger partial charge in [0.1, 0.15) is 5.82 Å². The largest absolute Gasteiger partial charge is 0.378 e. The first-order valence-electron chi connectivity index (χ1n) is 8.91. The predicted octanol–water partition coefficient (Wildman–Crippen LogP) is 3.08. The van der Waals surface area contributed by atoms with Gasteiger partial charge in [-0.15, -0.1) is 0 Å². The first-order chi connectivity index (χ1) is 13.5. The van der Waals surface area contributed by atoms with E-state index in [1.165, 1.54) is 17.0 Å². The SMILES string of the molecule is NCC(=O)c1ccc(CN(C(=O)N2CCOCC2)c2cccc(Cl)c2)c(F)c1. The summed E-state index contributed by atoms with van der Waals surface area (Å²) in [5.41, 5.74) is 6.39. The Balaban J connectivity index is 1.91.